The molecule has 21 heavy (non-hydrogen) atoms. The molecule has 0 unspecified atom stereocenters. The van der Waals surface area contributed by atoms with Gasteiger partial charge in [-0.3, -0.25) is 0 Å². The van der Waals surface area contributed by atoms with Crippen LogP contribution in [0.25, 0.3) is 0 Å². The van der Waals surface area contributed by atoms with Crippen LogP contribution in [0.5, 0.6) is 0 Å². The largest absolute Gasteiger partial charge is 0.366 e. The molecule has 112 valence electrons. The number of anilines is 1. The first kappa shape index (κ1) is 15.5. The van der Waals surface area contributed by atoms with Gasteiger partial charge >= 0.3 is 0 Å². The Kier molecular flexibility index (Phi) is 4.31. The normalized spacial score (nSPS) is 11.5. The van der Waals surface area contributed by atoms with Gasteiger partial charge in [-0.05, 0) is 47.6 Å². The zero-order valence-corrected chi connectivity index (χ0v) is 13.4. The van der Waals surface area contributed by atoms with Crippen LogP contribution in [0.15, 0.2) is 30.5 Å². The van der Waals surface area contributed by atoms with Crippen LogP contribution in [0.4, 0.5) is 10.2 Å². The van der Waals surface area contributed by atoms with Gasteiger partial charge in [0.25, 0.3) is 0 Å². The van der Waals surface area contributed by atoms with Crippen molar-refractivity contribution in [1.82, 2.24) is 4.98 Å². The minimum Gasteiger partial charge on any atom is -0.366 e. The molecule has 2 nitrogen and oxygen atoms in total. The van der Waals surface area contributed by atoms with Crippen LogP contribution in [0, 0.1) is 19.7 Å². The number of nitrogens with zero attached hydrogens (tertiary/aromatic N) is 1. The van der Waals surface area contributed by atoms with Crippen molar-refractivity contribution in [3.63, 3.8) is 0 Å². The number of nitrogens with one attached hydrogen (secondary N) is 1. The summed E-state index contributed by atoms with van der Waals surface area (Å²) in [4.78, 5) is 4.44. The number of halogens is 1. The lowest BCUT2D eigenvalue weighted by Crippen LogP contribution is -2.12. The predicted octanol–water partition coefficient (Wildman–Crippen LogP) is 4.75. The third-order valence-electron chi connectivity index (χ3n) is 3.60. The van der Waals surface area contributed by atoms with Gasteiger partial charge < -0.3 is 5.32 Å². The van der Waals surface area contributed by atoms with Gasteiger partial charge in [0, 0.05) is 12.7 Å². The van der Waals surface area contributed by atoms with E-state index >= 15 is 0 Å². The summed E-state index contributed by atoms with van der Waals surface area (Å²) in [7, 11) is 0. The summed E-state index contributed by atoms with van der Waals surface area (Å²) in [5.41, 5.74) is 3.75. The Labute approximate surface area is 126 Å². The number of aryl methyl sites for hydroxylation is 2. The van der Waals surface area contributed by atoms with Crippen LogP contribution in [0.3, 0.4) is 0 Å². The molecule has 1 heterocycles. The number of pyridine rings is 1. The quantitative estimate of drug-likeness (QED) is 0.881. The van der Waals surface area contributed by atoms with Crippen molar-refractivity contribution in [3.05, 3.63) is 58.5 Å². The lowest BCUT2D eigenvalue weighted by Gasteiger charge is -2.18. The minimum atomic E-state index is -0.119. The van der Waals surface area contributed by atoms with E-state index < -0.39 is 0 Å². The molecule has 1 aromatic carbocycles. The highest BCUT2D eigenvalue weighted by Gasteiger charge is 2.13. The lowest BCUT2D eigenvalue weighted by molar-refractivity contribution is 0.587. The third-order valence-corrected chi connectivity index (χ3v) is 3.60. The van der Waals surface area contributed by atoms with E-state index in [9.17, 15) is 4.39 Å². The molecule has 3 heteroatoms. The van der Waals surface area contributed by atoms with Gasteiger partial charge in [0.1, 0.15) is 11.6 Å². The number of hydrogen-bond acceptors (Lipinski definition) is 2. The highest BCUT2D eigenvalue weighted by molar-refractivity contribution is 5.39. The molecule has 0 aliphatic rings. The summed E-state index contributed by atoms with van der Waals surface area (Å²) in [5, 5.41) is 3.28. The fourth-order valence-electron chi connectivity index (χ4n) is 2.27. The molecule has 1 N–H and O–H groups in total. The highest BCUT2D eigenvalue weighted by atomic mass is 19.1. The zero-order valence-electron chi connectivity index (χ0n) is 13.4. The molecule has 2 aromatic rings. The van der Waals surface area contributed by atoms with Crippen LogP contribution in [-0.4, -0.2) is 4.98 Å². The van der Waals surface area contributed by atoms with Crippen LogP contribution in [-0.2, 0) is 12.0 Å². The molecule has 0 saturated carbocycles. The van der Waals surface area contributed by atoms with Crippen molar-refractivity contribution in [3.8, 4) is 0 Å². The first-order chi connectivity index (χ1) is 9.77. The van der Waals surface area contributed by atoms with E-state index in [4.69, 9.17) is 0 Å². The summed E-state index contributed by atoms with van der Waals surface area (Å²) in [6.07, 6.45) is 1.91. The Morgan fingerprint density at radius 1 is 1.10 bits per heavy atom. The van der Waals surface area contributed by atoms with Gasteiger partial charge in [-0.25, -0.2) is 9.37 Å². The molecule has 0 radical (unpaired) electrons. The zero-order chi connectivity index (χ0) is 15.6. The molecule has 0 aliphatic carbocycles. The molecule has 2 rings (SSSR count). The average Bonchev–Trinajstić information content (AvgIpc) is 2.42. The summed E-state index contributed by atoms with van der Waals surface area (Å²) < 4.78 is 13.6. The number of hydrogen-bond donors (Lipinski definition) is 1. The Bertz CT molecular complexity index is 602. The monoisotopic (exact) mass is 286 g/mol. The summed E-state index contributed by atoms with van der Waals surface area (Å²) >= 11 is 0. The maximum atomic E-state index is 13.6. The Hall–Kier alpha value is -1.90. The van der Waals surface area contributed by atoms with Crippen LogP contribution in [0.2, 0.25) is 0 Å². The van der Waals surface area contributed by atoms with Gasteiger partial charge in [0.15, 0.2) is 0 Å². The maximum Gasteiger partial charge on any atom is 0.129 e. The van der Waals surface area contributed by atoms with Crippen LogP contribution in [0.1, 0.15) is 43.0 Å². The van der Waals surface area contributed by atoms with Crippen molar-refractivity contribution in [2.75, 3.05) is 5.32 Å². The molecule has 0 saturated heterocycles. The topological polar surface area (TPSA) is 24.9 Å². The van der Waals surface area contributed by atoms with E-state index in [1.165, 1.54) is 5.56 Å². The van der Waals surface area contributed by atoms with Gasteiger partial charge in [-0.1, -0.05) is 39.0 Å². The summed E-state index contributed by atoms with van der Waals surface area (Å²) in [6.45, 7) is 10.7. The second-order valence-electron chi connectivity index (χ2n) is 6.58. The molecular weight excluding hydrogens is 263 g/mol. The van der Waals surface area contributed by atoms with Crippen LogP contribution < -0.4 is 5.32 Å². The van der Waals surface area contributed by atoms with E-state index in [-0.39, 0.29) is 11.2 Å². The van der Waals surface area contributed by atoms with E-state index in [1.54, 1.807) is 13.8 Å². The van der Waals surface area contributed by atoms with Crippen molar-refractivity contribution in [2.24, 2.45) is 0 Å². The van der Waals surface area contributed by atoms with Gasteiger partial charge in [0.2, 0.25) is 0 Å². The molecule has 0 amide bonds. The van der Waals surface area contributed by atoms with Crippen molar-refractivity contribution >= 4 is 5.82 Å². The van der Waals surface area contributed by atoms with Gasteiger partial charge in [-0.2, -0.15) is 0 Å². The lowest BCUT2D eigenvalue weighted by atomic mass is 9.88. The maximum absolute atomic E-state index is 13.6. The van der Waals surface area contributed by atoms with E-state index in [0.29, 0.717) is 17.7 Å². The number of benzene rings is 1. The highest BCUT2D eigenvalue weighted by Crippen LogP contribution is 2.22. The molecule has 0 aliphatic heterocycles. The van der Waals surface area contributed by atoms with Crippen molar-refractivity contribution in [1.29, 1.82) is 0 Å². The molecule has 0 fully saturated rings. The first-order valence-electron chi connectivity index (χ1n) is 7.23. The van der Waals surface area contributed by atoms with Gasteiger partial charge in [0.05, 0.1) is 0 Å². The van der Waals surface area contributed by atoms with E-state index in [1.807, 2.05) is 24.4 Å². The Morgan fingerprint density at radius 2 is 1.71 bits per heavy atom. The minimum absolute atomic E-state index is 0.108. The molecule has 0 bridgehead atoms. The number of rotatable bonds is 3. The van der Waals surface area contributed by atoms with E-state index in [2.05, 4.69) is 37.1 Å². The van der Waals surface area contributed by atoms with Crippen molar-refractivity contribution < 1.29 is 4.39 Å². The predicted molar refractivity (Wildman–Crippen MR) is 86.1 cm³/mol. The van der Waals surface area contributed by atoms with Gasteiger partial charge in [-0.15, -0.1) is 0 Å². The van der Waals surface area contributed by atoms with E-state index in [0.717, 1.165) is 11.4 Å². The Balaban J connectivity index is 2.07. The van der Waals surface area contributed by atoms with Crippen LogP contribution >= 0.6 is 0 Å². The first-order valence-corrected chi connectivity index (χ1v) is 7.23. The average molecular weight is 286 g/mol. The number of aromatic nitrogens is 1. The summed E-state index contributed by atoms with van der Waals surface area (Å²) in [6, 6.07) is 7.83. The third kappa shape index (κ3) is 3.81. The SMILES string of the molecule is Cc1cc(CNc2ccc(C(C)(C)C)cn2)cc(C)c1F. The fraction of sp³-hybridized carbons (Fsp3) is 0.389. The summed E-state index contributed by atoms with van der Waals surface area (Å²) in [5.74, 6) is 0.717. The fourth-order valence-corrected chi connectivity index (χ4v) is 2.27. The van der Waals surface area contributed by atoms with Crippen molar-refractivity contribution in [2.45, 2.75) is 46.6 Å². The second-order valence-corrected chi connectivity index (χ2v) is 6.58. The molecule has 1 aromatic heterocycles. The molecule has 0 spiro atoms. The Morgan fingerprint density at radius 3 is 2.19 bits per heavy atom. The standard InChI is InChI=1S/C18H23FN2/c1-12-8-14(9-13(2)17(12)19)10-20-16-7-6-15(11-21-16)18(3,4)5/h6-9,11H,10H2,1-5H3,(H,20,21). The molecular formula is C18H23FN2. The second kappa shape index (κ2) is 5.84. The molecule has 0 atom stereocenters. The smallest absolute Gasteiger partial charge is 0.129 e.